The zero-order valence-corrected chi connectivity index (χ0v) is 20.7. The number of nitrogens with zero attached hydrogens (tertiary/aromatic N) is 6. The Bertz CT molecular complexity index is 1580. The van der Waals surface area contributed by atoms with Crippen LogP contribution in [0.1, 0.15) is 31.2 Å². The Kier molecular flexibility index (Phi) is 6.09. The Hall–Kier alpha value is -4.17. The van der Waals surface area contributed by atoms with E-state index in [0.29, 0.717) is 5.82 Å². The van der Waals surface area contributed by atoms with Crippen molar-refractivity contribution < 1.29 is 0 Å². The van der Waals surface area contributed by atoms with Crippen molar-refractivity contribution >= 4 is 22.4 Å². The number of H-pyrrole nitrogens is 1. The molecule has 0 fully saturated rings. The third kappa shape index (κ3) is 4.31. The number of aryl methyl sites for hydroxylation is 1. The van der Waals surface area contributed by atoms with Gasteiger partial charge in [-0.1, -0.05) is 67.9 Å². The van der Waals surface area contributed by atoms with Crippen LogP contribution in [0.3, 0.4) is 0 Å². The molecule has 0 aliphatic carbocycles. The van der Waals surface area contributed by atoms with Crippen LogP contribution >= 0.6 is 11.3 Å². The van der Waals surface area contributed by atoms with Gasteiger partial charge in [-0.3, -0.25) is 4.98 Å². The highest BCUT2D eigenvalue weighted by Crippen LogP contribution is 2.31. The quantitative estimate of drug-likeness (QED) is 0.266. The number of hydrogen-bond acceptors (Lipinski definition) is 6. The highest BCUT2D eigenvalue weighted by Gasteiger charge is 2.15. The predicted octanol–water partition coefficient (Wildman–Crippen LogP) is 6.40. The van der Waals surface area contributed by atoms with Gasteiger partial charge in [0.2, 0.25) is 5.82 Å². The maximum Gasteiger partial charge on any atom is 0.205 e. The van der Waals surface area contributed by atoms with E-state index in [1.54, 1.807) is 11.3 Å². The van der Waals surface area contributed by atoms with E-state index in [4.69, 9.17) is 4.98 Å². The predicted molar refractivity (Wildman–Crippen MR) is 144 cm³/mol. The molecule has 4 heterocycles. The molecule has 8 heteroatoms. The molecule has 6 rings (SSSR count). The Morgan fingerprint density at radius 2 is 1.83 bits per heavy atom. The van der Waals surface area contributed by atoms with Gasteiger partial charge in [0.05, 0.1) is 22.3 Å². The minimum absolute atomic E-state index is 0.593. The van der Waals surface area contributed by atoms with Gasteiger partial charge in [-0.15, -0.1) is 21.5 Å². The molecule has 0 unspecified atom stereocenters. The Labute approximate surface area is 212 Å². The summed E-state index contributed by atoms with van der Waals surface area (Å²) in [5.74, 6) is 1.71. The number of benzene rings is 2. The summed E-state index contributed by atoms with van der Waals surface area (Å²) < 4.78 is 2.35. The third-order valence-electron chi connectivity index (χ3n) is 6.36. The summed E-state index contributed by atoms with van der Waals surface area (Å²) in [5, 5.41) is 16.7. The maximum atomic E-state index is 4.96. The second-order valence-corrected chi connectivity index (χ2v) is 9.68. The highest BCUT2D eigenvalue weighted by molar-refractivity contribution is 7.13. The van der Waals surface area contributed by atoms with E-state index in [1.807, 2.05) is 24.4 Å². The van der Waals surface area contributed by atoms with Gasteiger partial charge in [-0.05, 0) is 45.8 Å². The van der Waals surface area contributed by atoms with Crippen LogP contribution in [0.4, 0.5) is 0 Å². The van der Waals surface area contributed by atoms with Gasteiger partial charge >= 0.3 is 0 Å². The van der Waals surface area contributed by atoms with Crippen molar-refractivity contribution in [1.29, 1.82) is 0 Å². The number of rotatable bonds is 8. The molecule has 2 aromatic carbocycles. The molecule has 0 saturated heterocycles. The van der Waals surface area contributed by atoms with E-state index in [2.05, 4.69) is 91.0 Å². The van der Waals surface area contributed by atoms with Gasteiger partial charge in [0.1, 0.15) is 11.3 Å². The van der Waals surface area contributed by atoms with Crippen LogP contribution in [-0.4, -0.2) is 35.2 Å². The van der Waals surface area contributed by atoms with Gasteiger partial charge in [0.25, 0.3) is 0 Å². The molecule has 0 amide bonds. The zero-order chi connectivity index (χ0) is 24.3. The fourth-order valence-electron chi connectivity index (χ4n) is 4.52. The molecule has 36 heavy (non-hydrogen) atoms. The van der Waals surface area contributed by atoms with Crippen LogP contribution in [0.15, 0.2) is 78.3 Å². The van der Waals surface area contributed by atoms with Crippen molar-refractivity contribution in [2.45, 2.75) is 32.7 Å². The first kappa shape index (κ1) is 22.3. The number of pyridine rings is 1. The fraction of sp³-hybridized carbons (Fsp3) is 0.179. The van der Waals surface area contributed by atoms with E-state index in [0.717, 1.165) is 65.0 Å². The number of aromatic nitrogens is 7. The summed E-state index contributed by atoms with van der Waals surface area (Å²) >= 11 is 1.71. The molecule has 0 spiro atoms. The standard InChI is InChI=1S/C28H25N7S/c1-2-3-10-27-30-24-17-29-23(26-9-6-15-36-26)16-25(24)35(27)18-19-11-13-20(14-12-19)21-7-4-5-8-22(21)28-31-33-34-32-28/h4-9,11-17H,2-3,10,18H2,1H3,(H,31,32,33,34). The van der Waals surface area contributed by atoms with Crippen molar-refractivity contribution in [1.82, 2.24) is 35.2 Å². The zero-order valence-electron chi connectivity index (χ0n) is 19.9. The number of unbranched alkanes of at least 4 members (excludes halogenated alkanes) is 1. The average molecular weight is 492 g/mol. The molecule has 0 atom stereocenters. The molecule has 0 bridgehead atoms. The summed E-state index contributed by atoms with van der Waals surface area (Å²) in [6, 6.07) is 23.2. The number of nitrogens with one attached hydrogen (secondary N) is 1. The van der Waals surface area contributed by atoms with E-state index in [-0.39, 0.29) is 0 Å². The second-order valence-electron chi connectivity index (χ2n) is 8.73. The van der Waals surface area contributed by atoms with Gasteiger partial charge in [0, 0.05) is 18.5 Å². The number of thiophene rings is 1. The fourth-order valence-corrected chi connectivity index (χ4v) is 5.21. The summed E-state index contributed by atoms with van der Waals surface area (Å²) in [4.78, 5) is 10.8. The molecule has 7 nitrogen and oxygen atoms in total. The van der Waals surface area contributed by atoms with Crippen LogP contribution in [0.5, 0.6) is 0 Å². The number of imidazole rings is 1. The van der Waals surface area contributed by atoms with Crippen molar-refractivity contribution in [3.63, 3.8) is 0 Å². The van der Waals surface area contributed by atoms with E-state index in [9.17, 15) is 0 Å². The highest BCUT2D eigenvalue weighted by atomic mass is 32.1. The topological polar surface area (TPSA) is 85.2 Å². The molecule has 1 N–H and O–H groups in total. The first-order chi connectivity index (χ1) is 17.8. The summed E-state index contributed by atoms with van der Waals surface area (Å²) in [7, 11) is 0. The number of tetrazole rings is 1. The van der Waals surface area contributed by atoms with Gasteiger partial charge in [0.15, 0.2) is 0 Å². The normalized spacial score (nSPS) is 11.4. The van der Waals surface area contributed by atoms with Crippen molar-refractivity contribution in [3.8, 4) is 33.1 Å². The first-order valence-corrected chi connectivity index (χ1v) is 13.0. The monoisotopic (exact) mass is 491 g/mol. The summed E-state index contributed by atoms with van der Waals surface area (Å²) in [5.41, 5.74) is 7.45. The molecule has 0 aliphatic heterocycles. The molecular weight excluding hydrogens is 466 g/mol. The minimum Gasteiger partial charge on any atom is -0.323 e. The molecular formula is C28H25N7S. The van der Waals surface area contributed by atoms with E-state index < -0.39 is 0 Å². The molecule has 4 aromatic heterocycles. The lowest BCUT2D eigenvalue weighted by molar-refractivity contribution is 0.690. The van der Waals surface area contributed by atoms with E-state index >= 15 is 0 Å². The SMILES string of the molecule is CCCCc1nc2cnc(-c3cccs3)cc2n1Cc1ccc(-c2ccccc2-c2nn[nH]n2)cc1. The largest absolute Gasteiger partial charge is 0.323 e. The summed E-state index contributed by atoms with van der Waals surface area (Å²) in [6.45, 7) is 2.98. The van der Waals surface area contributed by atoms with Crippen molar-refractivity contribution in [2.75, 3.05) is 0 Å². The third-order valence-corrected chi connectivity index (χ3v) is 7.25. The lowest BCUT2D eigenvalue weighted by Crippen LogP contribution is -2.05. The molecule has 0 saturated carbocycles. The molecule has 6 aromatic rings. The van der Waals surface area contributed by atoms with Gasteiger partial charge in [-0.2, -0.15) is 5.21 Å². The lowest BCUT2D eigenvalue weighted by Gasteiger charge is -2.11. The smallest absolute Gasteiger partial charge is 0.205 e. The Balaban J connectivity index is 1.35. The molecule has 178 valence electrons. The second kappa shape index (κ2) is 9.83. The summed E-state index contributed by atoms with van der Waals surface area (Å²) in [6.07, 6.45) is 5.11. The van der Waals surface area contributed by atoms with Gasteiger partial charge < -0.3 is 4.57 Å². The van der Waals surface area contributed by atoms with Crippen LogP contribution in [-0.2, 0) is 13.0 Å². The maximum absolute atomic E-state index is 4.96. The Morgan fingerprint density at radius 3 is 2.58 bits per heavy atom. The van der Waals surface area contributed by atoms with Crippen LogP contribution < -0.4 is 0 Å². The van der Waals surface area contributed by atoms with Crippen LogP contribution in [0.2, 0.25) is 0 Å². The van der Waals surface area contributed by atoms with E-state index in [1.165, 1.54) is 10.4 Å². The molecule has 0 radical (unpaired) electrons. The average Bonchev–Trinajstić information content (AvgIpc) is 3.70. The lowest BCUT2D eigenvalue weighted by atomic mass is 9.98. The number of fused-ring (bicyclic) bond motifs is 1. The van der Waals surface area contributed by atoms with Gasteiger partial charge in [-0.25, -0.2) is 4.98 Å². The molecule has 0 aliphatic rings. The number of aromatic amines is 1. The minimum atomic E-state index is 0.593. The first-order valence-electron chi connectivity index (χ1n) is 12.1. The van der Waals surface area contributed by atoms with Crippen LogP contribution in [0.25, 0.3) is 44.1 Å². The number of hydrogen-bond donors (Lipinski definition) is 1. The Morgan fingerprint density at radius 1 is 0.972 bits per heavy atom. The van der Waals surface area contributed by atoms with Crippen molar-refractivity contribution in [3.05, 3.63) is 89.7 Å². The van der Waals surface area contributed by atoms with Crippen LogP contribution in [0, 0.1) is 0 Å². The van der Waals surface area contributed by atoms with Crippen molar-refractivity contribution in [2.24, 2.45) is 0 Å².